The van der Waals surface area contributed by atoms with Crippen molar-refractivity contribution < 1.29 is 4.74 Å². The Bertz CT molecular complexity index is 1110. The first kappa shape index (κ1) is 20.8. The van der Waals surface area contributed by atoms with Crippen LogP contribution in [0, 0.1) is 0 Å². The third-order valence-corrected chi connectivity index (χ3v) is 6.94. The van der Waals surface area contributed by atoms with Gasteiger partial charge in [0.2, 0.25) is 5.95 Å². The Labute approximate surface area is 193 Å². The summed E-state index contributed by atoms with van der Waals surface area (Å²) in [6, 6.07) is 14.8. The predicted octanol–water partition coefficient (Wildman–Crippen LogP) is 4.01. The second-order valence-electron chi connectivity index (χ2n) is 8.37. The Kier molecular flexibility index (Phi) is 5.42. The van der Waals surface area contributed by atoms with Crippen LogP contribution in [-0.2, 0) is 29.8 Å². The number of benzene rings is 2. The number of piperidine rings is 1. The summed E-state index contributed by atoms with van der Waals surface area (Å²) in [5.74, 6) is 1.85. The molecule has 3 aromatic rings. The van der Waals surface area contributed by atoms with Gasteiger partial charge in [-0.3, -0.25) is 4.57 Å². The van der Waals surface area contributed by atoms with Crippen LogP contribution in [0.2, 0.25) is 5.02 Å². The van der Waals surface area contributed by atoms with E-state index in [1.165, 1.54) is 16.7 Å². The van der Waals surface area contributed by atoms with Crippen LogP contribution in [0.25, 0.3) is 5.69 Å². The van der Waals surface area contributed by atoms with Gasteiger partial charge in [-0.25, -0.2) is 0 Å². The van der Waals surface area contributed by atoms with Gasteiger partial charge in [-0.2, -0.15) is 0 Å². The first-order valence-electron chi connectivity index (χ1n) is 10.6. The summed E-state index contributed by atoms with van der Waals surface area (Å²) in [6.07, 6.45) is 2.92. The Morgan fingerprint density at radius 3 is 2.71 bits per heavy atom. The van der Waals surface area contributed by atoms with Crippen LogP contribution in [0.4, 0.5) is 5.95 Å². The maximum atomic E-state index is 6.41. The normalized spacial score (nSPS) is 19.1. The zero-order valence-electron chi connectivity index (χ0n) is 17.2. The summed E-state index contributed by atoms with van der Waals surface area (Å²) in [7, 11) is 0. The standard InChI is InChI=1S/C23H24ClN5O.ClH/c24-18-5-6-20-17(13-18)14-25-15-21-26-27-22(29(20)21)28-10-8-23(9-11-28)19-4-2-1-3-16(19)7-12-30-23;/h1-6,13,25H,7-12,14-15H2;1H. The van der Waals surface area contributed by atoms with E-state index in [1.807, 2.05) is 12.1 Å². The van der Waals surface area contributed by atoms with Gasteiger partial charge in [-0.1, -0.05) is 35.9 Å². The van der Waals surface area contributed by atoms with Gasteiger partial charge in [0.1, 0.15) is 0 Å². The molecule has 0 radical (unpaired) electrons. The average Bonchev–Trinajstić information content (AvgIpc) is 3.10. The average molecular weight is 458 g/mol. The Balaban J connectivity index is 0.00000204. The van der Waals surface area contributed by atoms with E-state index >= 15 is 0 Å². The van der Waals surface area contributed by atoms with Gasteiger partial charge in [-0.05, 0) is 54.2 Å². The molecule has 4 heterocycles. The Morgan fingerprint density at radius 1 is 1.00 bits per heavy atom. The van der Waals surface area contributed by atoms with Gasteiger partial charge in [0, 0.05) is 24.7 Å². The molecule has 1 saturated heterocycles. The first-order chi connectivity index (χ1) is 14.7. The van der Waals surface area contributed by atoms with E-state index in [1.54, 1.807) is 0 Å². The van der Waals surface area contributed by atoms with Gasteiger partial charge < -0.3 is 15.0 Å². The lowest BCUT2D eigenvalue weighted by Crippen LogP contribution is -2.47. The third kappa shape index (κ3) is 3.42. The van der Waals surface area contributed by atoms with Crippen LogP contribution in [-0.4, -0.2) is 34.5 Å². The molecule has 1 aromatic heterocycles. The summed E-state index contributed by atoms with van der Waals surface area (Å²) in [4.78, 5) is 2.35. The summed E-state index contributed by atoms with van der Waals surface area (Å²) in [5, 5.41) is 13.3. The number of rotatable bonds is 1. The number of aromatic nitrogens is 3. The maximum Gasteiger partial charge on any atom is 0.231 e. The van der Waals surface area contributed by atoms with E-state index in [9.17, 15) is 0 Å². The molecule has 2 aromatic carbocycles. The molecule has 3 aliphatic heterocycles. The summed E-state index contributed by atoms with van der Waals surface area (Å²) < 4.78 is 8.60. The van der Waals surface area contributed by atoms with Crippen molar-refractivity contribution in [3.8, 4) is 5.69 Å². The van der Waals surface area contributed by atoms with Crippen LogP contribution >= 0.6 is 24.0 Å². The van der Waals surface area contributed by atoms with Crippen molar-refractivity contribution in [1.82, 2.24) is 20.1 Å². The number of nitrogens with zero attached hydrogens (tertiary/aromatic N) is 4. The van der Waals surface area contributed by atoms with Gasteiger partial charge >= 0.3 is 0 Å². The van der Waals surface area contributed by atoms with Crippen molar-refractivity contribution in [3.63, 3.8) is 0 Å². The van der Waals surface area contributed by atoms with Crippen LogP contribution in [0.15, 0.2) is 42.5 Å². The summed E-state index contributed by atoms with van der Waals surface area (Å²) >= 11 is 6.25. The molecular weight excluding hydrogens is 433 g/mol. The molecule has 6 rings (SSSR count). The highest BCUT2D eigenvalue weighted by Crippen LogP contribution is 2.42. The molecule has 0 aliphatic carbocycles. The van der Waals surface area contributed by atoms with Crippen molar-refractivity contribution in [3.05, 3.63) is 70.0 Å². The number of nitrogens with one attached hydrogen (secondary N) is 1. The second-order valence-corrected chi connectivity index (χ2v) is 8.80. The van der Waals surface area contributed by atoms with Crippen molar-refractivity contribution in [2.75, 3.05) is 24.6 Å². The van der Waals surface area contributed by atoms with Crippen molar-refractivity contribution in [1.29, 1.82) is 0 Å². The molecule has 0 saturated carbocycles. The smallest absolute Gasteiger partial charge is 0.231 e. The summed E-state index contributed by atoms with van der Waals surface area (Å²) in [5.41, 5.74) is 4.92. The molecule has 0 unspecified atom stereocenters. The fourth-order valence-electron chi connectivity index (χ4n) is 5.19. The molecular formula is C23H25Cl2N5O. The number of halogens is 2. The second kappa shape index (κ2) is 8.10. The highest BCUT2D eigenvalue weighted by atomic mass is 35.5. The molecule has 8 heteroatoms. The minimum Gasteiger partial charge on any atom is -0.370 e. The van der Waals surface area contributed by atoms with Crippen LogP contribution in [0.3, 0.4) is 0 Å². The number of fused-ring (bicyclic) bond motifs is 5. The van der Waals surface area contributed by atoms with Gasteiger partial charge in [0.25, 0.3) is 0 Å². The first-order valence-corrected chi connectivity index (χ1v) is 11.0. The van der Waals surface area contributed by atoms with Crippen molar-refractivity contribution in [2.24, 2.45) is 0 Å². The minimum absolute atomic E-state index is 0. The quantitative estimate of drug-likeness (QED) is 0.597. The highest BCUT2D eigenvalue weighted by Gasteiger charge is 2.41. The van der Waals surface area contributed by atoms with E-state index < -0.39 is 0 Å². The van der Waals surface area contributed by atoms with Crippen molar-refractivity contribution >= 4 is 30.0 Å². The molecule has 1 N–H and O–H groups in total. The number of ether oxygens (including phenoxy) is 1. The number of hydrogen-bond donors (Lipinski definition) is 1. The van der Waals surface area contributed by atoms with Crippen LogP contribution < -0.4 is 10.2 Å². The minimum atomic E-state index is -0.167. The van der Waals surface area contributed by atoms with E-state index in [4.69, 9.17) is 16.3 Å². The van der Waals surface area contributed by atoms with Gasteiger partial charge in [0.15, 0.2) is 5.82 Å². The summed E-state index contributed by atoms with van der Waals surface area (Å²) in [6.45, 7) is 4.04. The SMILES string of the molecule is Cl.Clc1ccc2c(c1)CNCc1nnc(N3CCC4(CC3)OCCc3ccccc34)n1-2. The molecule has 6 nitrogen and oxygen atoms in total. The number of anilines is 1. The zero-order valence-corrected chi connectivity index (χ0v) is 18.8. The molecule has 1 spiro atoms. The maximum absolute atomic E-state index is 6.41. The largest absolute Gasteiger partial charge is 0.370 e. The molecule has 0 bridgehead atoms. The topological polar surface area (TPSA) is 55.2 Å². The lowest BCUT2D eigenvalue weighted by Gasteiger charge is -2.45. The predicted molar refractivity (Wildman–Crippen MR) is 123 cm³/mol. The zero-order chi connectivity index (χ0) is 20.1. The van der Waals surface area contributed by atoms with Crippen molar-refractivity contribution in [2.45, 2.75) is 38.0 Å². The van der Waals surface area contributed by atoms with Gasteiger partial charge in [-0.15, -0.1) is 22.6 Å². The van der Waals surface area contributed by atoms with Gasteiger partial charge in [0.05, 0.1) is 24.4 Å². The van der Waals surface area contributed by atoms with E-state index in [0.29, 0.717) is 6.54 Å². The molecule has 1 fully saturated rings. The molecule has 3 aliphatic rings. The fourth-order valence-corrected chi connectivity index (χ4v) is 5.39. The Morgan fingerprint density at radius 2 is 1.84 bits per heavy atom. The highest BCUT2D eigenvalue weighted by molar-refractivity contribution is 6.30. The van der Waals surface area contributed by atoms with E-state index in [2.05, 4.69) is 55.3 Å². The molecule has 162 valence electrons. The van der Waals surface area contributed by atoms with Crippen LogP contribution in [0.5, 0.6) is 0 Å². The fraction of sp³-hybridized carbons (Fsp3) is 0.391. The van der Waals surface area contributed by atoms with E-state index in [-0.39, 0.29) is 18.0 Å². The monoisotopic (exact) mass is 457 g/mol. The van der Waals surface area contributed by atoms with Crippen LogP contribution in [0.1, 0.15) is 35.4 Å². The number of hydrogen-bond acceptors (Lipinski definition) is 5. The molecule has 0 atom stereocenters. The Hall–Kier alpha value is -2.12. The third-order valence-electron chi connectivity index (χ3n) is 6.71. The molecule has 0 amide bonds. The lowest BCUT2D eigenvalue weighted by molar-refractivity contribution is -0.0767. The molecule has 31 heavy (non-hydrogen) atoms. The lowest BCUT2D eigenvalue weighted by atomic mass is 9.79. The van der Waals surface area contributed by atoms with E-state index in [0.717, 1.165) is 68.0 Å².